The van der Waals surface area contributed by atoms with Crippen molar-refractivity contribution in [1.82, 2.24) is 0 Å². The van der Waals surface area contributed by atoms with E-state index in [1.54, 1.807) is 0 Å². The number of rotatable bonds is 4. The zero-order valence-electron chi connectivity index (χ0n) is 28.8. The summed E-state index contributed by atoms with van der Waals surface area (Å²) in [6.07, 6.45) is -2.75. The molecular weight excluding hydrogens is 608 g/mol. The summed E-state index contributed by atoms with van der Waals surface area (Å²) >= 11 is 0. The van der Waals surface area contributed by atoms with E-state index < -0.39 is 83.3 Å². The quantitative estimate of drug-likeness (QED) is 0.160. The van der Waals surface area contributed by atoms with Gasteiger partial charge in [0.05, 0.1) is 36.4 Å². The van der Waals surface area contributed by atoms with Gasteiger partial charge < -0.3 is 50.3 Å². The van der Waals surface area contributed by atoms with Gasteiger partial charge in [0.1, 0.15) is 24.4 Å². The molecule has 1 aliphatic heterocycles. The summed E-state index contributed by atoms with van der Waals surface area (Å²) in [5.74, 6) is -1.23. The van der Waals surface area contributed by atoms with Gasteiger partial charge in [-0.3, -0.25) is 4.79 Å². The molecule has 11 heteroatoms. The molecule has 1 heterocycles. The highest BCUT2D eigenvalue weighted by molar-refractivity contribution is 5.79. The second-order valence-corrected chi connectivity index (χ2v) is 17.5. The van der Waals surface area contributed by atoms with Crippen LogP contribution in [0.15, 0.2) is 11.6 Å². The van der Waals surface area contributed by atoms with Crippen LogP contribution in [-0.2, 0) is 14.3 Å². The highest BCUT2D eigenvalue weighted by Gasteiger charge is 2.72. The first-order valence-electron chi connectivity index (χ1n) is 17.7. The molecule has 0 bridgehead atoms. The van der Waals surface area contributed by atoms with Crippen LogP contribution < -0.4 is 0 Å². The lowest BCUT2D eigenvalue weighted by Crippen LogP contribution is -2.69. The van der Waals surface area contributed by atoms with E-state index in [-0.39, 0.29) is 35.2 Å². The smallest absolute Gasteiger partial charge is 0.315 e. The Labute approximate surface area is 278 Å². The van der Waals surface area contributed by atoms with Crippen molar-refractivity contribution in [3.8, 4) is 0 Å². The Morgan fingerprint density at radius 1 is 0.915 bits per heavy atom. The van der Waals surface area contributed by atoms with E-state index in [0.29, 0.717) is 38.5 Å². The largest absolute Gasteiger partial charge is 0.432 e. The third-order valence-corrected chi connectivity index (χ3v) is 15.6. The number of carbonyl (C=O) groups excluding carboxylic acids is 1. The summed E-state index contributed by atoms with van der Waals surface area (Å²) in [7, 11) is 0. The fourth-order valence-corrected chi connectivity index (χ4v) is 12.4. The molecule has 8 N–H and O–H groups in total. The zero-order chi connectivity index (χ0) is 34.7. The van der Waals surface area contributed by atoms with Crippen LogP contribution in [0, 0.1) is 50.7 Å². The van der Waals surface area contributed by atoms with Crippen LogP contribution in [-0.4, -0.2) is 109 Å². The van der Waals surface area contributed by atoms with E-state index >= 15 is 0 Å². The molecule has 0 spiro atoms. The second kappa shape index (κ2) is 11.4. The van der Waals surface area contributed by atoms with E-state index in [9.17, 15) is 45.6 Å². The summed E-state index contributed by atoms with van der Waals surface area (Å²) in [4.78, 5) is 14.5. The predicted molar refractivity (Wildman–Crippen MR) is 169 cm³/mol. The number of esters is 1. The van der Waals surface area contributed by atoms with Gasteiger partial charge in [-0.2, -0.15) is 0 Å². The average Bonchev–Trinajstić information content (AvgIpc) is 3.02. The molecule has 0 aromatic rings. The summed E-state index contributed by atoms with van der Waals surface area (Å²) in [6, 6.07) is 0. The van der Waals surface area contributed by atoms with Gasteiger partial charge in [0.25, 0.3) is 0 Å². The Hall–Kier alpha value is -1.15. The van der Waals surface area contributed by atoms with Crippen molar-refractivity contribution < 1.29 is 55.1 Å². The molecule has 17 atom stereocenters. The lowest BCUT2D eigenvalue weighted by atomic mass is 9.33. The van der Waals surface area contributed by atoms with Gasteiger partial charge in [-0.05, 0) is 92.3 Å². The topological polar surface area (TPSA) is 197 Å². The van der Waals surface area contributed by atoms with Gasteiger partial charge in [-0.1, -0.05) is 46.3 Å². The summed E-state index contributed by atoms with van der Waals surface area (Å²) in [6.45, 7) is 11.6. The number of aliphatic hydroxyl groups is 8. The molecule has 0 radical (unpaired) electrons. The Kier molecular flexibility index (Phi) is 8.68. The standard InChI is InChI=1S/C36H58O11/c1-18-9-12-36(30(44)47-29-26(42)25(41)24(40)21(16-37)46-29)14-13-33(4)19(27(36)35(18,6)45)7-8-23-31(2)15-20(39)28(43)32(3,17-38)22(31)10-11-34(23,33)5/h7,18,20-29,37-43,45H,8-17H2,1-6H3/t18-,20-,21-,22-,23-,24-,25+,26-,27-,28-,29-,31+,32+,33-,34-,35-,36+/m1/s1. The summed E-state index contributed by atoms with van der Waals surface area (Å²) in [5, 5.41) is 86.2. The van der Waals surface area contributed by atoms with Gasteiger partial charge in [-0.15, -0.1) is 0 Å². The number of hydrogen-bond donors (Lipinski definition) is 8. The monoisotopic (exact) mass is 666 g/mol. The van der Waals surface area contributed by atoms with Gasteiger partial charge >= 0.3 is 5.97 Å². The van der Waals surface area contributed by atoms with E-state index in [0.717, 1.165) is 18.4 Å². The molecule has 4 saturated carbocycles. The fraction of sp³-hybridized carbons (Fsp3) is 0.917. The highest BCUT2D eigenvalue weighted by atomic mass is 16.7. The van der Waals surface area contributed by atoms with Crippen molar-refractivity contribution in [3.63, 3.8) is 0 Å². The number of aliphatic hydroxyl groups excluding tert-OH is 7. The minimum atomic E-state index is -1.72. The number of fused-ring (bicyclic) bond motifs is 7. The average molecular weight is 667 g/mol. The van der Waals surface area contributed by atoms with Crippen LogP contribution in [0.4, 0.5) is 0 Å². The number of hydrogen-bond acceptors (Lipinski definition) is 11. The molecule has 6 aliphatic rings. The van der Waals surface area contributed by atoms with E-state index in [2.05, 4.69) is 26.8 Å². The lowest BCUT2D eigenvalue weighted by Gasteiger charge is -2.72. The first kappa shape index (κ1) is 35.7. The Bertz CT molecular complexity index is 1270. The highest BCUT2D eigenvalue weighted by Crippen LogP contribution is 2.76. The van der Waals surface area contributed by atoms with Crippen molar-refractivity contribution in [2.75, 3.05) is 13.2 Å². The fourth-order valence-electron chi connectivity index (χ4n) is 12.4. The maximum atomic E-state index is 14.5. The normalized spacial score (nSPS) is 57.5. The van der Waals surface area contributed by atoms with Crippen LogP contribution >= 0.6 is 0 Å². The van der Waals surface area contributed by atoms with Crippen molar-refractivity contribution in [3.05, 3.63) is 11.6 Å². The molecule has 6 rings (SSSR count). The third kappa shape index (κ3) is 4.60. The minimum absolute atomic E-state index is 0.00373. The van der Waals surface area contributed by atoms with Crippen LogP contribution in [0.2, 0.25) is 0 Å². The van der Waals surface area contributed by atoms with Gasteiger partial charge in [0.15, 0.2) is 0 Å². The molecule has 47 heavy (non-hydrogen) atoms. The molecule has 268 valence electrons. The maximum Gasteiger partial charge on any atom is 0.315 e. The van der Waals surface area contributed by atoms with Gasteiger partial charge in [0, 0.05) is 11.3 Å². The molecule has 1 saturated heterocycles. The number of ether oxygens (including phenoxy) is 2. The van der Waals surface area contributed by atoms with Crippen LogP contribution in [0.3, 0.4) is 0 Å². The van der Waals surface area contributed by atoms with Crippen molar-refractivity contribution in [2.24, 2.45) is 50.7 Å². The summed E-state index contributed by atoms with van der Waals surface area (Å²) in [5.41, 5.74) is -3.27. The van der Waals surface area contributed by atoms with Crippen molar-refractivity contribution in [1.29, 1.82) is 0 Å². The second-order valence-electron chi connectivity index (χ2n) is 17.5. The first-order valence-corrected chi connectivity index (χ1v) is 17.7. The Balaban J connectivity index is 1.40. The predicted octanol–water partition coefficient (Wildman–Crippen LogP) is 1.41. The third-order valence-electron chi connectivity index (χ3n) is 15.6. The Morgan fingerprint density at radius 2 is 1.60 bits per heavy atom. The zero-order valence-corrected chi connectivity index (χ0v) is 28.8. The van der Waals surface area contributed by atoms with Crippen molar-refractivity contribution >= 4 is 5.97 Å². The Morgan fingerprint density at radius 3 is 2.23 bits per heavy atom. The number of carbonyl (C=O) groups is 1. The van der Waals surface area contributed by atoms with Crippen molar-refractivity contribution in [2.45, 2.75) is 141 Å². The lowest BCUT2D eigenvalue weighted by molar-refractivity contribution is -0.299. The molecule has 5 fully saturated rings. The molecule has 5 aliphatic carbocycles. The SMILES string of the molecule is C[C@@H]1CC[C@]2(C(=O)O[C@H]3O[C@H](CO)[C@@H](O)[C@H](O)[C@H]3O)CC[C@]3(C)C(=CC[C@@H]4[C@@]5(C)C[C@@H](O)[C@@H](O)[C@@](C)(CO)[C@@H]5CC[C@]43C)[C@@H]2[C@]1(C)O. The minimum Gasteiger partial charge on any atom is -0.432 e. The first-order chi connectivity index (χ1) is 21.8. The maximum absolute atomic E-state index is 14.5. The van der Waals surface area contributed by atoms with Crippen LogP contribution in [0.5, 0.6) is 0 Å². The van der Waals surface area contributed by atoms with E-state index in [1.807, 2.05) is 20.8 Å². The number of allylic oxidation sites excluding steroid dienone is 1. The van der Waals surface area contributed by atoms with E-state index in [4.69, 9.17) is 9.47 Å². The van der Waals surface area contributed by atoms with E-state index in [1.165, 1.54) is 0 Å². The summed E-state index contributed by atoms with van der Waals surface area (Å²) < 4.78 is 11.4. The molecule has 0 aromatic carbocycles. The molecule has 0 amide bonds. The van der Waals surface area contributed by atoms with Gasteiger partial charge in [-0.25, -0.2) is 0 Å². The molecule has 0 aromatic heterocycles. The van der Waals surface area contributed by atoms with Crippen LogP contribution in [0.25, 0.3) is 0 Å². The molecule has 0 unspecified atom stereocenters. The van der Waals surface area contributed by atoms with Gasteiger partial charge in [0.2, 0.25) is 6.29 Å². The molecule has 11 nitrogen and oxygen atoms in total. The molecular formula is C36H58O11. The van der Waals surface area contributed by atoms with Crippen LogP contribution in [0.1, 0.15) is 92.9 Å².